The van der Waals surface area contributed by atoms with Gasteiger partial charge >= 0.3 is 6.09 Å². The van der Waals surface area contributed by atoms with Gasteiger partial charge in [-0.05, 0) is 28.7 Å². The number of amides is 2. The van der Waals surface area contributed by atoms with Gasteiger partial charge in [0.1, 0.15) is 6.61 Å². The average molecular weight is 366 g/mol. The first-order valence-corrected chi connectivity index (χ1v) is 9.12. The lowest BCUT2D eigenvalue weighted by molar-refractivity contribution is -0.128. The minimum atomic E-state index is -0.591. The number of alkyl carbamates (subject to hydrolysis) is 1. The minimum absolute atomic E-state index is 0.0230. The van der Waals surface area contributed by atoms with Crippen molar-refractivity contribution >= 4 is 12.0 Å². The third-order valence-electron chi connectivity index (χ3n) is 5.73. The lowest BCUT2D eigenvalue weighted by Crippen LogP contribution is -2.59. The van der Waals surface area contributed by atoms with E-state index in [0.717, 1.165) is 22.3 Å². The van der Waals surface area contributed by atoms with Crippen molar-refractivity contribution in [1.82, 2.24) is 5.32 Å². The molecule has 2 aliphatic rings. The summed E-state index contributed by atoms with van der Waals surface area (Å²) in [4.78, 5) is 23.7. The van der Waals surface area contributed by atoms with Gasteiger partial charge in [0, 0.05) is 24.5 Å². The zero-order valence-corrected chi connectivity index (χ0v) is 14.8. The number of hydrogen-bond donors (Lipinski definition) is 3. The van der Waals surface area contributed by atoms with Crippen molar-refractivity contribution in [3.63, 3.8) is 0 Å². The van der Waals surface area contributed by atoms with Crippen molar-refractivity contribution in [2.24, 2.45) is 17.6 Å². The molecule has 0 spiro atoms. The van der Waals surface area contributed by atoms with Crippen LogP contribution < -0.4 is 11.1 Å². The molecule has 0 bridgehead atoms. The molecule has 2 aromatic carbocycles. The van der Waals surface area contributed by atoms with Gasteiger partial charge < -0.3 is 20.9 Å². The maximum Gasteiger partial charge on any atom is 0.407 e. The fraction of sp³-hybridized carbons (Fsp3) is 0.333. The van der Waals surface area contributed by atoms with Gasteiger partial charge in [0.15, 0.2) is 0 Å². The zero-order valence-electron chi connectivity index (χ0n) is 14.8. The Balaban J connectivity index is 1.44. The van der Waals surface area contributed by atoms with Crippen LogP contribution in [0.25, 0.3) is 11.1 Å². The molecule has 2 aromatic rings. The van der Waals surface area contributed by atoms with Gasteiger partial charge in [-0.15, -0.1) is 0 Å². The zero-order chi connectivity index (χ0) is 19.0. The number of nitrogens with one attached hydrogen (secondary N) is 1. The molecule has 4 rings (SSSR count). The summed E-state index contributed by atoms with van der Waals surface area (Å²) in [6.45, 7) is 0.107. The monoisotopic (exact) mass is 366 g/mol. The molecule has 2 amide bonds. The molecule has 6 heteroatoms. The molecule has 2 aliphatic carbocycles. The Morgan fingerprint density at radius 3 is 2.22 bits per heavy atom. The predicted octanol–water partition coefficient (Wildman–Crippen LogP) is 2.01. The van der Waals surface area contributed by atoms with Crippen LogP contribution in [0.4, 0.5) is 4.79 Å². The van der Waals surface area contributed by atoms with Crippen LogP contribution in [0, 0.1) is 11.8 Å². The SMILES string of the molecule is NC(=O)[C@H]1C[C@@H](CO)[C@H]1NC(=O)OCC1c2ccccc2-c2ccccc21. The van der Waals surface area contributed by atoms with Crippen LogP contribution in [-0.2, 0) is 9.53 Å². The van der Waals surface area contributed by atoms with E-state index in [2.05, 4.69) is 29.6 Å². The number of fused-ring (bicyclic) bond motifs is 3. The van der Waals surface area contributed by atoms with Gasteiger partial charge in [0.2, 0.25) is 5.91 Å². The van der Waals surface area contributed by atoms with E-state index in [4.69, 9.17) is 10.5 Å². The second-order valence-electron chi connectivity index (χ2n) is 7.18. The number of ether oxygens (including phenoxy) is 1. The Bertz CT molecular complexity index is 836. The fourth-order valence-electron chi connectivity index (χ4n) is 4.23. The predicted molar refractivity (Wildman–Crippen MR) is 99.9 cm³/mol. The van der Waals surface area contributed by atoms with Gasteiger partial charge in [-0.3, -0.25) is 4.79 Å². The number of aliphatic hydroxyl groups is 1. The minimum Gasteiger partial charge on any atom is -0.449 e. The summed E-state index contributed by atoms with van der Waals surface area (Å²) in [5.74, 6) is -1.11. The Morgan fingerprint density at radius 2 is 1.67 bits per heavy atom. The first kappa shape index (κ1) is 17.5. The van der Waals surface area contributed by atoms with Crippen LogP contribution in [0.3, 0.4) is 0 Å². The molecule has 0 aromatic heterocycles. The molecule has 0 unspecified atom stereocenters. The summed E-state index contributed by atoms with van der Waals surface area (Å²) in [5.41, 5.74) is 9.95. The number of nitrogens with two attached hydrogens (primary N) is 1. The van der Waals surface area contributed by atoms with E-state index < -0.39 is 24.0 Å². The van der Waals surface area contributed by atoms with Crippen molar-refractivity contribution in [3.05, 3.63) is 59.7 Å². The molecule has 1 saturated carbocycles. The number of hydrogen-bond acceptors (Lipinski definition) is 4. The van der Waals surface area contributed by atoms with Gasteiger partial charge in [0.05, 0.1) is 5.92 Å². The van der Waals surface area contributed by atoms with Crippen LogP contribution in [0.15, 0.2) is 48.5 Å². The van der Waals surface area contributed by atoms with E-state index >= 15 is 0 Å². The second kappa shape index (κ2) is 7.04. The molecule has 4 N–H and O–H groups in total. The summed E-state index contributed by atoms with van der Waals surface area (Å²) in [6.07, 6.45) is -0.105. The summed E-state index contributed by atoms with van der Waals surface area (Å²) in [6, 6.07) is 15.8. The standard InChI is InChI=1S/C21H22N2O4/c22-20(25)17-9-12(10-24)19(17)23-21(26)27-11-18-15-7-3-1-5-13(15)14-6-2-4-8-16(14)18/h1-8,12,17-19,24H,9-11H2,(H2,22,25)(H,23,26)/t12-,17-,19+/m0/s1. The van der Waals surface area contributed by atoms with Crippen LogP contribution >= 0.6 is 0 Å². The van der Waals surface area contributed by atoms with E-state index in [-0.39, 0.29) is 25.0 Å². The first-order valence-electron chi connectivity index (χ1n) is 9.12. The van der Waals surface area contributed by atoms with Crippen molar-refractivity contribution < 1.29 is 19.4 Å². The van der Waals surface area contributed by atoms with Crippen LogP contribution in [0.5, 0.6) is 0 Å². The second-order valence-corrected chi connectivity index (χ2v) is 7.18. The third kappa shape index (κ3) is 3.06. The van der Waals surface area contributed by atoms with Gasteiger partial charge in [-0.1, -0.05) is 48.5 Å². The largest absolute Gasteiger partial charge is 0.449 e. The van der Waals surface area contributed by atoms with E-state index in [1.807, 2.05) is 24.3 Å². The molecule has 0 aliphatic heterocycles. The van der Waals surface area contributed by atoms with Crippen molar-refractivity contribution in [2.45, 2.75) is 18.4 Å². The van der Waals surface area contributed by atoms with Crippen LogP contribution in [0.2, 0.25) is 0 Å². The molecule has 27 heavy (non-hydrogen) atoms. The summed E-state index contributed by atoms with van der Waals surface area (Å²) < 4.78 is 5.48. The fourth-order valence-corrected chi connectivity index (χ4v) is 4.23. The number of primary amides is 1. The third-order valence-corrected chi connectivity index (χ3v) is 5.73. The quantitative estimate of drug-likeness (QED) is 0.753. The molecule has 3 atom stereocenters. The van der Waals surface area contributed by atoms with E-state index in [0.29, 0.717) is 6.42 Å². The molecule has 1 fully saturated rings. The summed E-state index contributed by atoms with van der Waals surface area (Å²) in [7, 11) is 0. The molecule has 0 saturated heterocycles. The topological polar surface area (TPSA) is 102 Å². The van der Waals surface area contributed by atoms with Gasteiger partial charge in [-0.2, -0.15) is 0 Å². The summed E-state index contributed by atoms with van der Waals surface area (Å²) in [5, 5.41) is 12.0. The normalized spacial score (nSPS) is 23.1. The average Bonchev–Trinajstić information content (AvgIpc) is 2.98. The Labute approximate surface area is 157 Å². The number of benzene rings is 2. The highest BCUT2D eigenvalue weighted by atomic mass is 16.5. The van der Waals surface area contributed by atoms with E-state index in [9.17, 15) is 14.7 Å². The number of rotatable bonds is 5. The maximum atomic E-state index is 12.3. The molecule has 6 nitrogen and oxygen atoms in total. The Hall–Kier alpha value is -2.86. The molecular formula is C21H22N2O4. The van der Waals surface area contributed by atoms with E-state index in [1.165, 1.54) is 0 Å². The number of aliphatic hydroxyl groups excluding tert-OH is 1. The molecule has 0 heterocycles. The number of carbonyl (C=O) groups excluding carboxylic acids is 2. The van der Waals surface area contributed by atoms with Crippen molar-refractivity contribution in [2.75, 3.05) is 13.2 Å². The highest BCUT2D eigenvalue weighted by Crippen LogP contribution is 2.44. The molecule has 140 valence electrons. The summed E-state index contributed by atoms with van der Waals surface area (Å²) >= 11 is 0. The lowest BCUT2D eigenvalue weighted by Gasteiger charge is -2.42. The number of carbonyl (C=O) groups is 2. The Kier molecular flexibility index (Phi) is 4.58. The highest BCUT2D eigenvalue weighted by molar-refractivity contribution is 5.80. The molecule has 0 radical (unpaired) electrons. The maximum absolute atomic E-state index is 12.3. The van der Waals surface area contributed by atoms with E-state index in [1.54, 1.807) is 0 Å². The van der Waals surface area contributed by atoms with Gasteiger partial charge in [-0.25, -0.2) is 4.79 Å². The van der Waals surface area contributed by atoms with Crippen LogP contribution in [-0.4, -0.2) is 36.4 Å². The van der Waals surface area contributed by atoms with Crippen LogP contribution in [0.1, 0.15) is 23.5 Å². The van der Waals surface area contributed by atoms with Gasteiger partial charge in [0.25, 0.3) is 0 Å². The highest BCUT2D eigenvalue weighted by Gasteiger charge is 2.45. The van der Waals surface area contributed by atoms with Crippen molar-refractivity contribution in [3.8, 4) is 11.1 Å². The molecular weight excluding hydrogens is 344 g/mol. The van der Waals surface area contributed by atoms with Crippen molar-refractivity contribution in [1.29, 1.82) is 0 Å². The first-order chi connectivity index (χ1) is 13.1. The lowest BCUT2D eigenvalue weighted by atomic mass is 9.70. The smallest absolute Gasteiger partial charge is 0.407 e. The Morgan fingerprint density at radius 1 is 1.07 bits per heavy atom.